The largest absolute Gasteiger partial charge is 0.410 e. The first kappa shape index (κ1) is 11.0. The number of rotatable bonds is 0. The molecule has 1 aromatic rings. The van der Waals surface area contributed by atoms with Gasteiger partial charge in [-0.2, -0.15) is 0 Å². The van der Waals surface area contributed by atoms with E-state index in [2.05, 4.69) is 10.5 Å². The molecule has 0 fully saturated rings. The maximum Gasteiger partial charge on any atom is 0.281 e. The average Bonchev–Trinajstić information content (AvgIpc) is 2.36. The number of amides is 1. The van der Waals surface area contributed by atoms with Crippen LogP contribution in [0.2, 0.25) is 0 Å². The summed E-state index contributed by atoms with van der Waals surface area (Å²) < 4.78 is 0. The molecule has 1 aliphatic rings. The molecule has 1 aliphatic heterocycles. The van der Waals surface area contributed by atoms with Crippen molar-refractivity contribution in [3.8, 4) is 0 Å². The Bertz CT molecular complexity index is 575. The van der Waals surface area contributed by atoms with Gasteiger partial charge in [0, 0.05) is 5.56 Å². The van der Waals surface area contributed by atoms with Crippen molar-refractivity contribution in [1.29, 1.82) is 0 Å². The van der Waals surface area contributed by atoms with Crippen LogP contribution in [0, 0.1) is 6.92 Å². The molecule has 2 rings (SSSR count). The van der Waals surface area contributed by atoms with Crippen molar-refractivity contribution in [3.63, 3.8) is 0 Å². The number of fused-ring (bicyclic) bond motifs is 1. The van der Waals surface area contributed by atoms with Crippen LogP contribution in [0.5, 0.6) is 0 Å². The van der Waals surface area contributed by atoms with E-state index in [1.807, 2.05) is 0 Å². The normalized spacial score (nSPS) is 17.7. The lowest BCUT2D eigenvalue weighted by atomic mass is 10.0. The molecule has 1 amide bonds. The zero-order valence-electron chi connectivity index (χ0n) is 8.85. The lowest BCUT2D eigenvalue weighted by Crippen LogP contribution is -2.31. The maximum atomic E-state index is 11.7. The van der Waals surface area contributed by atoms with Crippen LogP contribution in [-0.2, 0) is 9.59 Å². The predicted molar refractivity (Wildman–Crippen MR) is 58.4 cm³/mol. The second-order valence-electron chi connectivity index (χ2n) is 3.61. The molecule has 1 aromatic carbocycles. The van der Waals surface area contributed by atoms with Crippen molar-refractivity contribution in [2.24, 2.45) is 5.16 Å². The fourth-order valence-electron chi connectivity index (χ4n) is 1.56. The van der Waals surface area contributed by atoms with Crippen molar-refractivity contribution in [1.82, 2.24) is 0 Å². The Balaban J connectivity index is 2.64. The summed E-state index contributed by atoms with van der Waals surface area (Å²) in [5.74, 6) is -2.88. The van der Waals surface area contributed by atoms with Crippen LogP contribution in [0.4, 0.5) is 5.69 Å². The van der Waals surface area contributed by atoms with Gasteiger partial charge in [-0.15, -0.1) is 0 Å². The van der Waals surface area contributed by atoms with E-state index in [0.717, 1.165) is 5.56 Å². The monoisotopic (exact) mass is 232 g/mol. The van der Waals surface area contributed by atoms with E-state index in [1.165, 1.54) is 6.07 Å². The molecule has 2 N–H and O–H groups in total. The molecular formula is C11H8N2O4. The Labute approximate surface area is 95.9 Å². The van der Waals surface area contributed by atoms with Gasteiger partial charge in [0.05, 0.1) is 5.69 Å². The number of nitrogens with one attached hydrogen (secondary N) is 1. The molecule has 6 nitrogen and oxygen atoms in total. The highest BCUT2D eigenvalue weighted by atomic mass is 16.4. The molecule has 0 atom stereocenters. The van der Waals surface area contributed by atoms with Crippen LogP contribution in [0.25, 0.3) is 0 Å². The van der Waals surface area contributed by atoms with E-state index >= 15 is 0 Å². The summed E-state index contributed by atoms with van der Waals surface area (Å²) in [7, 11) is 0. The van der Waals surface area contributed by atoms with E-state index in [-0.39, 0.29) is 11.3 Å². The van der Waals surface area contributed by atoms with Crippen molar-refractivity contribution in [3.05, 3.63) is 29.3 Å². The Morgan fingerprint density at radius 2 is 1.88 bits per heavy atom. The maximum absolute atomic E-state index is 11.7. The molecule has 0 radical (unpaired) electrons. The van der Waals surface area contributed by atoms with E-state index in [4.69, 9.17) is 5.21 Å². The van der Waals surface area contributed by atoms with Gasteiger partial charge in [-0.05, 0) is 24.6 Å². The summed E-state index contributed by atoms with van der Waals surface area (Å²) in [5, 5.41) is 13.5. The highest BCUT2D eigenvalue weighted by Crippen LogP contribution is 2.21. The summed E-state index contributed by atoms with van der Waals surface area (Å²) in [5.41, 5.74) is 0.358. The van der Waals surface area contributed by atoms with Crippen molar-refractivity contribution in [2.45, 2.75) is 6.92 Å². The minimum Gasteiger partial charge on any atom is -0.410 e. The number of nitrogens with zero attached hydrogens (tertiary/aromatic N) is 1. The number of benzene rings is 1. The fraction of sp³-hybridized carbons (Fsp3) is 0.0909. The average molecular weight is 232 g/mol. The van der Waals surface area contributed by atoms with Gasteiger partial charge in [0.2, 0.25) is 11.5 Å². The highest BCUT2D eigenvalue weighted by Gasteiger charge is 2.33. The second kappa shape index (κ2) is 3.82. The zero-order chi connectivity index (χ0) is 12.6. The number of carbonyl (C=O) groups is 3. The van der Waals surface area contributed by atoms with Crippen LogP contribution in [0.1, 0.15) is 15.9 Å². The first-order chi connectivity index (χ1) is 8.04. The molecule has 0 saturated carbocycles. The number of carbonyl (C=O) groups excluding carboxylic acids is 3. The molecular weight excluding hydrogens is 224 g/mol. The molecule has 0 bridgehead atoms. The van der Waals surface area contributed by atoms with Crippen molar-refractivity contribution >= 4 is 28.9 Å². The number of aryl methyl sites for hydroxylation is 1. The zero-order valence-corrected chi connectivity index (χ0v) is 8.85. The molecule has 0 spiro atoms. The quantitative estimate of drug-likeness (QED) is 0.387. The molecule has 17 heavy (non-hydrogen) atoms. The smallest absolute Gasteiger partial charge is 0.281 e. The Morgan fingerprint density at radius 1 is 1.18 bits per heavy atom. The lowest BCUT2D eigenvalue weighted by molar-refractivity contribution is -0.113. The fourth-order valence-corrected chi connectivity index (χ4v) is 1.56. The van der Waals surface area contributed by atoms with Crippen molar-refractivity contribution < 1.29 is 19.6 Å². The molecule has 0 saturated heterocycles. The topological polar surface area (TPSA) is 95.8 Å². The number of Topliss-reactive ketones (excluding diaryl/α,β-unsaturated/α-hetero) is 2. The number of hydrogen-bond donors (Lipinski definition) is 2. The van der Waals surface area contributed by atoms with Gasteiger partial charge in [-0.1, -0.05) is 11.2 Å². The SMILES string of the molecule is Cc1ccc2c(c1)NC(=O)/C(=N/O)C(=O)C2=O. The van der Waals surface area contributed by atoms with Gasteiger partial charge in [-0.25, -0.2) is 0 Å². The van der Waals surface area contributed by atoms with Gasteiger partial charge in [-0.3, -0.25) is 14.4 Å². The second-order valence-corrected chi connectivity index (χ2v) is 3.61. The highest BCUT2D eigenvalue weighted by molar-refractivity contribution is 6.83. The van der Waals surface area contributed by atoms with Gasteiger partial charge in [0.25, 0.3) is 11.7 Å². The van der Waals surface area contributed by atoms with Crippen LogP contribution in [0.15, 0.2) is 23.4 Å². The third-order valence-electron chi connectivity index (χ3n) is 2.40. The van der Waals surface area contributed by atoms with Crippen LogP contribution < -0.4 is 5.32 Å². The van der Waals surface area contributed by atoms with Gasteiger partial charge < -0.3 is 10.5 Å². The van der Waals surface area contributed by atoms with Gasteiger partial charge in [0.15, 0.2) is 0 Å². The Kier molecular flexibility index (Phi) is 2.47. The van der Waals surface area contributed by atoms with E-state index < -0.39 is 23.2 Å². The van der Waals surface area contributed by atoms with Crippen LogP contribution >= 0.6 is 0 Å². The molecule has 6 heteroatoms. The summed E-state index contributed by atoms with van der Waals surface area (Å²) in [6, 6.07) is 4.67. The molecule has 0 aromatic heterocycles. The van der Waals surface area contributed by atoms with Crippen LogP contribution in [-0.4, -0.2) is 28.4 Å². The van der Waals surface area contributed by atoms with E-state index in [9.17, 15) is 14.4 Å². The van der Waals surface area contributed by atoms with E-state index in [0.29, 0.717) is 0 Å². The first-order valence-electron chi connectivity index (χ1n) is 4.77. The third kappa shape index (κ3) is 1.69. The number of anilines is 1. The molecule has 0 aliphatic carbocycles. The van der Waals surface area contributed by atoms with Crippen molar-refractivity contribution in [2.75, 3.05) is 5.32 Å². The summed E-state index contributed by atoms with van der Waals surface area (Å²) >= 11 is 0. The standard InChI is InChI=1S/C11H8N2O4/c1-5-2-3-6-7(4-5)12-11(16)8(13-17)10(15)9(6)14/h2-4,17H,1H3,(H,12,16)/b13-8+. The Hall–Kier alpha value is -2.50. The summed E-state index contributed by atoms with van der Waals surface area (Å²) in [6.45, 7) is 1.78. The molecule has 1 heterocycles. The van der Waals surface area contributed by atoms with E-state index in [1.54, 1.807) is 19.1 Å². The third-order valence-corrected chi connectivity index (χ3v) is 2.40. The first-order valence-corrected chi connectivity index (χ1v) is 4.77. The lowest BCUT2D eigenvalue weighted by Gasteiger charge is -2.04. The Morgan fingerprint density at radius 3 is 2.53 bits per heavy atom. The molecule has 86 valence electrons. The summed E-state index contributed by atoms with van der Waals surface area (Å²) in [4.78, 5) is 34.8. The van der Waals surface area contributed by atoms with Crippen LogP contribution in [0.3, 0.4) is 0 Å². The number of oxime groups is 1. The molecule has 0 unspecified atom stereocenters. The van der Waals surface area contributed by atoms with Gasteiger partial charge in [0.1, 0.15) is 0 Å². The minimum atomic E-state index is -1.12. The number of hydrogen-bond acceptors (Lipinski definition) is 5. The minimum absolute atomic E-state index is 0.0904. The predicted octanol–water partition coefficient (Wildman–Crippen LogP) is 0.529. The van der Waals surface area contributed by atoms with Gasteiger partial charge >= 0.3 is 0 Å². The number of ketones is 2. The summed E-state index contributed by atoms with van der Waals surface area (Å²) in [6.07, 6.45) is 0.